The van der Waals surface area contributed by atoms with Gasteiger partial charge in [-0.25, -0.2) is 0 Å². The van der Waals surface area contributed by atoms with Gasteiger partial charge in [-0.2, -0.15) is 0 Å². The van der Waals surface area contributed by atoms with Crippen molar-refractivity contribution in [1.29, 1.82) is 0 Å². The Labute approximate surface area is 160 Å². The minimum atomic E-state index is 0.0788. The van der Waals surface area contributed by atoms with Gasteiger partial charge in [0.05, 0.1) is 12.5 Å². The summed E-state index contributed by atoms with van der Waals surface area (Å²) in [6.07, 6.45) is 5.45. The van der Waals surface area contributed by atoms with E-state index in [4.69, 9.17) is 4.42 Å². The predicted molar refractivity (Wildman–Crippen MR) is 107 cm³/mol. The number of hydrogen-bond acceptors (Lipinski definition) is 3. The molecule has 0 spiro atoms. The Balaban J connectivity index is 1.51. The number of hydrogen-bond donors (Lipinski definition) is 0. The molecule has 2 heterocycles. The summed E-state index contributed by atoms with van der Waals surface area (Å²) in [6, 6.07) is 21.8. The van der Waals surface area contributed by atoms with E-state index in [0.717, 1.165) is 43.7 Å². The second kappa shape index (κ2) is 8.23. The molecule has 1 aromatic heterocycles. The van der Waals surface area contributed by atoms with Crippen LogP contribution in [0.5, 0.6) is 0 Å². The number of furan rings is 1. The predicted octanol–water partition coefficient (Wildman–Crippen LogP) is 4.59. The normalized spacial score (nSPS) is 15.6. The van der Waals surface area contributed by atoms with E-state index >= 15 is 0 Å². The zero-order valence-corrected chi connectivity index (χ0v) is 15.3. The van der Waals surface area contributed by atoms with Crippen LogP contribution in [0.2, 0.25) is 0 Å². The van der Waals surface area contributed by atoms with Crippen molar-refractivity contribution < 1.29 is 9.21 Å². The molecule has 0 bridgehead atoms. The number of para-hydroxylation sites is 1. The van der Waals surface area contributed by atoms with Gasteiger partial charge in [-0.15, -0.1) is 0 Å². The van der Waals surface area contributed by atoms with Gasteiger partial charge >= 0.3 is 0 Å². The van der Waals surface area contributed by atoms with E-state index in [2.05, 4.69) is 4.90 Å². The third-order valence-electron chi connectivity index (χ3n) is 5.18. The van der Waals surface area contributed by atoms with Gasteiger partial charge in [-0.1, -0.05) is 36.4 Å². The maximum Gasteiger partial charge on any atom is 0.258 e. The fourth-order valence-electron chi connectivity index (χ4n) is 3.78. The number of rotatable bonds is 5. The molecule has 2 aromatic carbocycles. The number of benzene rings is 2. The minimum absolute atomic E-state index is 0.0788. The SMILES string of the molecule is O=C(c1ccccc1)N(c1ccccc1)C1CCN(Cc2ccoc2)CC1. The fourth-order valence-corrected chi connectivity index (χ4v) is 3.78. The second-order valence-corrected chi connectivity index (χ2v) is 7.02. The molecule has 27 heavy (non-hydrogen) atoms. The molecule has 0 atom stereocenters. The van der Waals surface area contributed by atoms with Crippen molar-refractivity contribution in [2.75, 3.05) is 18.0 Å². The first-order chi connectivity index (χ1) is 13.3. The van der Waals surface area contributed by atoms with Gasteiger partial charge in [-0.05, 0) is 43.2 Å². The van der Waals surface area contributed by atoms with Crippen LogP contribution in [0.25, 0.3) is 0 Å². The van der Waals surface area contributed by atoms with Crippen molar-refractivity contribution in [2.24, 2.45) is 0 Å². The van der Waals surface area contributed by atoms with Crippen molar-refractivity contribution in [3.63, 3.8) is 0 Å². The summed E-state index contributed by atoms with van der Waals surface area (Å²) in [4.78, 5) is 17.7. The van der Waals surface area contributed by atoms with Crippen LogP contribution in [-0.4, -0.2) is 29.9 Å². The van der Waals surface area contributed by atoms with Crippen LogP contribution in [0, 0.1) is 0 Å². The van der Waals surface area contributed by atoms with Gasteiger partial charge in [0.15, 0.2) is 0 Å². The highest BCUT2D eigenvalue weighted by Gasteiger charge is 2.29. The van der Waals surface area contributed by atoms with E-state index in [-0.39, 0.29) is 11.9 Å². The van der Waals surface area contributed by atoms with E-state index < -0.39 is 0 Å². The molecule has 0 unspecified atom stereocenters. The summed E-state index contributed by atoms with van der Waals surface area (Å²) < 4.78 is 5.17. The molecule has 1 saturated heterocycles. The first-order valence-corrected chi connectivity index (χ1v) is 9.48. The van der Waals surface area contributed by atoms with Gasteiger partial charge in [0.1, 0.15) is 0 Å². The summed E-state index contributed by atoms with van der Waals surface area (Å²) >= 11 is 0. The third kappa shape index (κ3) is 4.12. The molecule has 4 heteroatoms. The first-order valence-electron chi connectivity index (χ1n) is 9.48. The maximum absolute atomic E-state index is 13.3. The molecule has 3 aromatic rings. The Bertz CT molecular complexity index is 839. The quantitative estimate of drug-likeness (QED) is 0.668. The number of nitrogens with zero attached hydrogens (tertiary/aromatic N) is 2. The van der Waals surface area contributed by atoms with Gasteiger partial charge in [0, 0.05) is 42.5 Å². The Morgan fingerprint density at radius 3 is 2.26 bits per heavy atom. The highest BCUT2D eigenvalue weighted by atomic mass is 16.3. The lowest BCUT2D eigenvalue weighted by Gasteiger charge is -2.38. The summed E-state index contributed by atoms with van der Waals surface area (Å²) in [5.74, 6) is 0.0788. The summed E-state index contributed by atoms with van der Waals surface area (Å²) in [5, 5.41) is 0. The van der Waals surface area contributed by atoms with E-state index in [1.807, 2.05) is 71.6 Å². The van der Waals surface area contributed by atoms with Crippen LogP contribution < -0.4 is 4.90 Å². The smallest absolute Gasteiger partial charge is 0.258 e. The molecular formula is C23H24N2O2. The average molecular weight is 360 g/mol. The molecule has 0 saturated carbocycles. The highest BCUT2D eigenvalue weighted by Crippen LogP contribution is 2.26. The van der Waals surface area contributed by atoms with E-state index in [1.54, 1.807) is 12.5 Å². The molecule has 0 aliphatic carbocycles. The number of amides is 1. The molecule has 1 aliphatic rings. The van der Waals surface area contributed by atoms with Gasteiger partial charge < -0.3 is 9.32 Å². The Morgan fingerprint density at radius 1 is 0.963 bits per heavy atom. The Kier molecular flexibility index (Phi) is 5.35. The molecule has 0 radical (unpaired) electrons. The van der Waals surface area contributed by atoms with Crippen LogP contribution in [-0.2, 0) is 6.54 Å². The summed E-state index contributed by atoms with van der Waals surface area (Å²) in [7, 11) is 0. The monoisotopic (exact) mass is 360 g/mol. The molecule has 1 fully saturated rings. The van der Waals surface area contributed by atoms with E-state index in [1.165, 1.54) is 5.56 Å². The van der Waals surface area contributed by atoms with Crippen molar-refractivity contribution >= 4 is 11.6 Å². The molecule has 138 valence electrons. The lowest BCUT2D eigenvalue weighted by atomic mass is 10.0. The van der Waals surface area contributed by atoms with Crippen LogP contribution in [0.1, 0.15) is 28.8 Å². The van der Waals surface area contributed by atoms with Crippen LogP contribution >= 0.6 is 0 Å². The summed E-state index contributed by atoms with van der Waals surface area (Å²) in [5.41, 5.74) is 2.91. The minimum Gasteiger partial charge on any atom is -0.472 e. The maximum atomic E-state index is 13.3. The standard InChI is InChI=1S/C23H24N2O2/c26-23(20-7-3-1-4-8-20)25(21-9-5-2-6-10-21)22-11-14-24(15-12-22)17-19-13-16-27-18-19/h1-10,13,16,18,22H,11-12,14-15,17H2. The van der Waals surface area contributed by atoms with Crippen LogP contribution in [0.15, 0.2) is 83.7 Å². The van der Waals surface area contributed by atoms with Crippen molar-refractivity contribution in [2.45, 2.75) is 25.4 Å². The lowest BCUT2D eigenvalue weighted by molar-refractivity contribution is 0.0958. The third-order valence-corrected chi connectivity index (χ3v) is 5.18. The van der Waals surface area contributed by atoms with Gasteiger partial charge in [-0.3, -0.25) is 9.69 Å². The largest absolute Gasteiger partial charge is 0.472 e. The molecule has 1 amide bonds. The highest BCUT2D eigenvalue weighted by molar-refractivity contribution is 6.06. The zero-order chi connectivity index (χ0) is 18.5. The number of carbonyl (C=O) groups excluding carboxylic acids is 1. The van der Waals surface area contributed by atoms with Gasteiger partial charge in [0.25, 0.3) is 5.91 Å². The molecule has 0 N–H and O–H groups in total. The van der Waals surface area contributed by atoms with Crippen molar-refractivity contribution in [1.82, 2.24) is 4.90 Å². The molecule has 4 rings (SSSR count). The number of likely N-dealkylation sites (tertiary alicyclic amines) is 1. The molecule has 4 nitrogen and oxygen atoms in total. The number of anilines is 1. The topological polar surface area (TPSA) is 36.7 Å². The van der Waals surface area contributed by atoms with Gasteiger partial charge in [0.2, 0.25) is 0 Å². The number of piperidine rings is 1. The second-order valence-electron chi connectivity index (χ2n) is 7.02. The Hall–Kier alpha value is -2.85. The molecule has 1 aliphatic heterocycles. The fraction of sp³-hybridized carbons (Fsp3) is 0.261. The number of carbonyl (C=O) groups is 1. The Morgan fingerprint density at radius 2 is 1.63 bits per heavy atom. The van der Waals surface area contributed by atoms with E-state index in [0.29, 0.717) is 0 Å². The van der Waals surface area contributed by atoms with E-state index in [9.17, 15) is 4.79 Å². The van der Waals surface area contributed by atoms with Crippen molar-refractivity contribution in [3.8, 4) is 0 Å². The van der Waals surface area contributed by atoms with Crippen molar-refractivity contribution in [3.05, 3.63) is 90.4 Å². The van der Waals surface area contributed by atoms with Crippen LogP contribution in [0.4, 0.5) is 5.69 Å². The average Bonchev–Trinajstić information content (AvgIpc) is 3.24. The molecular weight excluding hydrogens is 336 g/mol. The zero-order valence-electron chi connectivity index (χ0n) is 15.3. The van der Waals surface area contributed by atoms with Crippen LogP contribution in [0.3, 0.4) is 0 Å². The first kappa shape index (κ1) is 17.6. The summed E-state index contributed by atoms with van der Waals surface area (Å²) in [6.45, 7) is 2.85. The lowest BCUT2D eigenvalue weighted by Crippen LogP contribution is -2.47.